The van der Waals surface area contributed by atoms with Crippen molar-refractivity contribution in [2.24, 2.45) is 0 Å². The summed E-state index contributed by atoms with van der Waals surface area (Å²) in [6.07, 6.45) is 0. The van der Waals surface area contributed by atoms with Gasteiger partial charge in [0.25, 0.3) is 0 Å². The van der Waals surface area contributed by atoms with Gasteiger partial charge in [0.05, 0.1) is 0 Å². The smallest absolute Gasteiger partial charge is 0.0189 e. The van der Waals surface area contributed by atoms with Gasteiger partial charge in [-0.3, -0.25) is 0 Å². The van der Waals surface area contributed by atoms with E-state index in [-0.39, 0.29) is 24.8 Å². The number of nitrogens with zero attached hydrogens (tertiary/aromatic N) is 1. The number of hydrogen-bond acceptors (Lipinski definition) is 2. The molecule has 0 bridgehead atoms. The van der Waals surface area contributed by atoms with E-state index in [0.29, 0.717) is 0 Å². The highest BCUT2D eigenvalue weighted by atomic mass is 35.5. The van der Waals surface area contributed by atoms with Crippen LogP contribution in [0.25, 0.3) is 0 Å². The summed E-state index contributed by atoms with van der Waals surface area (Å²) in [5.41, 5.74) is 0. The third-order valence-electron chi connectivity index (χ3n) is 1.83. The molecular weight excluding hydrogens is 171 g/mol. The van der Waals surface area contributed by atoms with Gasteiger partial charge in [-0.1, -0.05) is 0 Å². The van der Waals surface area contributed by atoms with Crippen LogP contribution in [0.1, 0.15) is 6.92 Å². The number of hydrogen-bond donors (Lipinski definition) is 1. The first kappa shape index (κ1) is 13.1. The SMILES string of the molecule is C[C@H]1CNCCN1C.Cl.Cl. The van der Waals surface area contributed by atoms with Crippen molar-refractivity contribution in [3.8, 4) is 0 Å². The highest BCUT2D eigenvalue weighted by Crippen LogP contribution is 1.95. The Bertz CT molecular complexity index is 70.1. The summed E-state index contributed by atoms with van der Waals surface area (Å²) >= 11 is 0. The highest BCUT2D eigenvalue weighted by Gasteiger charge is 2.11. The van der Waals surface area contributed by atoms with Gasteiger partial charge in [-0.2, -0.15) is 0 Å². The van der Waals surface area contributed by atoms with Crippen LogP contribution in [0.3, 0.4) is 0 Å². The monoisotopic (exact) mass is 186 g/mol. The topological polar surface area (TPSA) is 15.3 Å². The molecule has 2 nitrogen and oxygen atoms in total. The molecule has 1 heterocycles. The van der Waals surface area contributed by atoms with Crippen LogP contribution in [0.2, 0.25) is 0 Å². The van der Waals surface area contributed by atoms with Gasteiger partial charge < -0.3 is 10.2 Å². The van der Waals surface area contributed by atoms with Gasteiger partial charge in [-0.25, -0.2) is 0 Å². The molecule has 10 heavy (non-hydrogen) atoms. The minimum atomic E-state index is 0. The van der Waals surface area contributed by atoms with Crippen LogP contribution < -0.4 is 5.32 Å². The number of likely N-dealkylation sites (N-methyl/N-ethyl adjacent to an activating group) is 1. The molecule has 64 valence electrons. The third kappa shape index (κ3) is 3.62. The van der Waals surface area contributed by atoms with E-state index in [0.717, 1.165) is 19.1 Å². The Kier molecular flexibility index (Phi) is 8.17. The standard InChI is InChI=1S/C6H14N2.2ClH/c1-6-5-7-3-4-8(6)2;;/h6-7H,3-5H2,1-2H3;2*1H/t6-;;/m0../s1. The van der Waals surface area contributed by atoms with Crippen molar-refractivity contribution < 1.29 is 0 Å². The molecule has 1 rings (SSSR count). The zero-order chi connectivity index (χ0) is 5.98. The summed E-state index contributed by atoms with van der Waals surface area (Å²) in [4.78, 5) is 2.37. The van der Waals surface area contributed by atoms with E-state index in [1.807, 2.05) is 0 Å². The lowest BCUT2D eigenvalue weighted by molar-refractivity contribution is 0.215. The molecule has 4 heteroatoms. The van der Waals surface area contributed by atoms with Gasteiger partial charge in [0.15, 0.2) is 0 Å². The molecule has 0 aromatic carbocycles. The molecule has 0 aromatic heterocycles. The van der Waals surface area contributed by atoms with Crippen molar-refractivity contribution in [3.63, 3.8) is 0 Å². The van der Waals surface area contributed by atoms with Gasteiger partial charge in [-0.05, 0) is 14.0 Å². The minimum Gasteiger partial charge on any atom is -0.314 e. The summed E-state index contributed by atoms with van der Waals surface area (Å²) in [6, 6.07) is 0.726. The Balaban J connectivity index is 0. The Morgan fingerprint density at radius 2 is 2.00 bits per heavy atom. The van der Waals surface area contributed by atoms with Crippen LogP contribution in [0.4, 0.5) is 0 Å². The Morgan fingerprint density at radius 3 is 2.30 bits per heavy atom. The maximum absolute atomic E-state index is 3.32. The first-order valence-corrected chi connectivity index (χ1v) is 3.21. The van der Waals surface area contributed by atoms with E-state index in [4.69, 9.17) is 0 Å². The van der Waals surface area contributed by atoms with E-state index < -0.39 is 0 Å². The lowest BCUT2D eigenvalue weighted by atomic mass is 10.2. The van der Waals surface area contributed by atoms with Crippen molar-refractivity contribution in [1.29, 1.82) is 0 Å². The van der Waals surface area contributed by atoms with Crippen LogP contribution in [-0.2, 0) is 0 Å². The summed E-state index contributed by atoms with van der Waals surface area (Å²) in [5, 5.41) is 3.32. The lowest BCUT2D eigenvalue weighted by Gasteiger charge is -2.29. The molecule has 0 aliphatic carbocycles. The fraction of sp³-hybridized carbons (Fsp3) is 1.00. The molecule has 1 aliphatic rings. The molecule has 1 fully saturated rings. The summed E-state index contributed by atoms with van der Waals surface area (Å²) < 4.78 is 0. The molecule has 0 unspecified atom stereocenters. The summed E-state index contributed by atoms with van der Waals surface area (Å²) in [7, 11) is 2.17. The second-order valence-electron chi connectivity index (χ2n) is 2.53. The van der Waals surface area contributed by atoms with E-state index >= 15 is 0 Å². The Labute approximate surface area is 75.2 Å². The van der Waals surface area contributed by atoms with Gasteiger partial charge in [0, 0.05) is 25.7 Å². The zero-order valence-corrected chi connectivity index (χ0v) is 8.10. The normalized spacial score (nSPS) is 26.4. The van der Waals surface area contributed by atoms with Crippen LogP contribution in [-0.4, -0.2) is 37.6 Å². The highest BCUT2D eigenvalue weighted by molar-refractivity contribution is 5.85. The summed E-state index contributed by atoms with van der Waals surface area (Å²) in [5.74, 6) is 0. The van der Waals surface area contributed by atoms with Crippen LogP contribution >= 0.6 is 24.8 Å². The average molecular weight is 187 g/mol. The van der Waals surface area contributed by atoms with Gasteiger partial charge >= 0.3 is 0 Å². The van der Waals surface area contributed by atoms with Crippen LogP contribution in [0, 0.1) is 0 Å². The first-order chi connectivity index (χ1) is 3.80. The molecule has 0 aromatic rings. The quantitative estimate of drug-likeness (QED) is 0.602. The van der Waals surface area contributed by atoms with E-state index in [9.17, 15) is 0 Å². The molecule has 1 saturated heterocycles. The van der Waals surface area contributed by atoms with Crippen molar-refractivity contribution in [2.45, 2.75) is 13.0 Å². The number of rotatable bonds is 0. The largest absolute Gasteiger partial charge is 0.314 e. The van der Waals surface area contributed by atoms with Gasteiger partial charge in [-0.15, -0.1) is 24.8 Å². The van der Waals surface area contributed by atoms with Gasteiger partial charge in [0.2, 0.25) is 0 Å². The number of piperazine rings is 1. The zero-order valence-electron chi connectivity index (χ0n) is 6.46. The van der Waals surface area contributed by atoms with Crippen molar-refractivity contribution in [1.82, 2.24) is 10.2 Å². The predicted molar refractivity (Wildman–Crippen MR) is 49.5 cm³/mol. The van der Waals surface area contributed by atoms with Crippen molar-refractivity contribution >= 4 is 24.8 Å². The average Bonchev–Trinajstić information content (AvgIpc) is 1.77. The minimum absolute atomic E-state index is 0. The molecule has 0 spiro atoms. The van der Waals surface area contributed by atoms with Gasteiger partial charge in [0.1, 0.15) is 0 Å². The predicted octanol–water partition coefficient (Wildman–Crippen LogP) is 0.753. The van der Waals surface area contributed by atoms with E-state index in [1.54, 1.807) is 0 Å². The van der Waals surface area contributed by atoms with Crippen LogP contribution in [0.15, 0.2) is 0 Å². The fourth-order valence-electron chi connectivity index (χ4n) is 0.943. The van der Waals surface area contributed by atoms with Crippen molar-refractivity contribution in [2.75, 3.05) is 26.7 Å². The molecular formula is C6H16Cl2N2. The molecule has 0 saturated carbocycles. The first-order valence-electron chi connectivity index (χ1n) is 3.21. The molecule has 1 aliphatic heterocycles. The molecule has 1 atom stereocenters. The Morgan fingerprint density at radius 1 is 1.40 bits per heavy atom. The Hall–Kier alpha value is 0.500. The van der Waals surface area contributed by atoms with E-state index in [2.05, 4.69) is 24.2 Å². The van der Waals surface area contributed by atoms with Crippen molar-refractivity contribution in [3.05, 3.63) is 0 Å². The molecule has 1 N–H and O–H groups in total. The maximum atomic E-state index is 3.32. The molecule has 0 radical (unpaired) electrons. The summed E-state index contributed by atoms with van der Waals surface area (Å²) in [6.45, 7) is 5.74. The second kappa shape index (κ2) is 6.23. The fourth-order valence-corrected chi connectivity index (χ4v) is 0.943. The number of halogens is 2. The van der Waals surface area contributed by atoms with E-state index in [1.165, 1.54) is 6.54 Å². The third-order valence-corrected chi connectivity index (χ3v) is 1.83. The second-order valence-corrected chi connectivity index (χ2v) is 2.53. The lowest BCUT2D eigenvalue weighted by Crippen LogP contribution is -2.47. The van der Waals surface area contributed by atoms with Crippen LogP contribution in [0.5, 0.6) is 0 Å². The molecule has 0 amide bonds. The number of nitrogens with one attached hydrogen (secondary N) is 1. The maximum Gasteiger partial charge on any atom is 0.0189 e.